The zero-order valence-electron chi connectivity index (χ0n) is 13.3. The maximum absolute atomic E-state index is 11.7. The van der Waals surface area contributed by atoms with Gasteiger partial charge in [0.1, 0.15) is 0 Å². The van der Waals surface area contributed by atoms with Crippen molar-refractivity contribution in [2.24, 2.45) is 5.92 Å². The SMILES string of the molecule is CC(C)COCCCNS(=O)(=O)CCCS(=O)(=O)N(C)C. The summed E-state index contributed by atoms with van der Waals surface area (Å²) in [5, 5.41) is 0. The van der Waals surface area contributed by atoms with Crippen LogP contribution in [0.15, 0.2) is 0 Å². The van der Waals surface area contributed by atoms with E-state index in [0.717, 1.165) is 4.31 Å². The lowest BCUT2D eigenvalue weighted by Crippen LogP contribution is -2.30. The van der Waals surface area contributed by atoms with Gasteiger partial charge in [0.15, 0.2) is 0 Å². The Hall–Kier alpha value is -0.220. The van der Waals surface area contributed by atoms with Crippen LogP contribution in [-0.4, -0.2) is 66.5 Å². The molecule has 0 heterocycles. The van der Waals surface area contributed by atoms with Crippen LogP contribution in [0, 0.1) is 5.92 Å². The van der Waals surface area contributed by atoms with Crippen molar-refractivity contribution < 1.29 is 21.6 Å². The fraction of sp³-hybridized carbons (Fsp3) is 1.00. The lowest BCUT2D eigenvalue weighted by Gasteiger charge is -2.11. The van der Waals surface area contributed by atoms with E-state index in [2.05, 4.69) is 4.72 Å². The number of nitrogens with zero attached hydrogens (tertiary/aromatic N) is 1. The zero-order valence-corrected chi connectivity index (χ0v) is 15.0. The molecule has 0 aromatic heterocycles. The lowest BCUT2D eigenvalue weighted by atomic mass is 10.2. The second-order valence-corrected chi connectivity index (χ2v) is 9.72. The van der Waals surface area contributed by atoms with Crippen molar-refractivity contribution in [2.45, 2.75) is 26.7 Å². The van der Waals surface area contributed by atoms with Crippen molar-refractivity contribution >= 4 is 20.0 Å². The van der Waals surface area contributed by atoms with Gasteiger partial charge in [0.05, 0.1) is 11.5 Å². The zero-order chi connectivity index (χ0) is 16.5. The van der Waals surface area contributed by atoms with Gasteiger partial charge in [-0.1, -0.05) is 13.8 Å². The summed E-state index contributed by atoms with van der Waals surface area (Å²) in [6.07, 6.45) is 0.682. The minimum absolute atomic E-state index is 0.0830. The van der Waals surface area contributed by atoms with E-state index < -0.39 is 20.0 Å². The molecule has 9 heteroatoms. The Kier molecular flexibility index (Phi) is 9.63. The molecule has 7 nitrogen and oxygen atoms in total. The van der Waals surface area contributed by atoms with Gasteiger partial charge in [-0.15, -0.1) is 0 Å². The second kappa shape index (κ2) is 9.73. The van der Waals surface area contributed by atoms with Crippen LogP contribution in [-0.2, 0) is 24.8 Å². The average Bonchev–Trinajstić information content (AvgIpc) is 2.32. The van der Waals surface area contributed by atoms with E-state index in [1.165, 1.54) is 14.1 Å². The molecule has 0 spiro atoms. The first-order chi connectivity index (χ1) is 9.57. The summed E-state index contributed by atoms with van der Waals surface area (Å²) in [6, 6.07) is 0. The minimum atomic E-state index is -3.42. The van der Waals surface area contributed by atoms with Crippen molar-refractivity contribution in [1.82, 2.24) is 9.03 Å². The standard InChI is InChI=1S/C12H28N2O5S2/c1-12(2)11-19-8-5-7-13-20(15,16)9-6-10-21(17,18)14(3)4/h12-13H,5-11H2,1-4H3. The average molecular weight is 344 g/mol. The fourth-order valence-corrected chi connectivity index (χ4v) is 3.59. The van der Waals surface area contributed by atoms with Crippen molar-refractivity contribution in [3.05, 3.63) is 0 Å². The number of sulfonamides is 2. The van der Waals surface area contributed by atoms with Gasteiger partial charge in [0.2, 0.25) is 20.0 Å². The van der Waals surface area contributed by atoms with Crippen LogP contribution in [0.1, 0.15) is 26.7 Å². The monoisotopic (exact) mass is 344 g/mol. The topological polar surface area (TPSA) is 92.8 Å². The fourth-order valence-electron chi connectivity index (χ4n) is 1.41. The van der Waals surface area contributed by atoms with Crippen LogP contribution in [0.25, 0.3) is 0 Å². The van der Waals surface area contributed by atoms with Crippen molar-refractivity contribution in [3.63, 3.8) is 0 Å². The Morgan fingerprint density at radius 3 is 2.19 bits per heavy atom. The summed E-state index contributed by atoms with van der Waals surface area (Å²) in [7, 11) is -3.90. The summed E-state index contributed by atoms with van der Waals surface area (Å²) in [5.74, 6) is 0.103. The van der Waals surface area contributed by atoms with Crippen LogP contribution in [0.3, 0.4) is 0 Å². The molecular formula is C12H28N2O5S2. The highest BCUT2D eigenvalue weighted by atomic mass is 32.2. The van der Waals surface area contributed by atoms with Crippen molar-refractivity contribution in [1.29, 1.82) is 0 Å². The van der Waals surface area contributed by atoms with E-state index in [4.69, 9.17) is 4.74 Å². The smallest absolute Gasteiger partial charge is 0.213 e. The number of hydrogen-bond donors (Lipinski definition) is 1. The van der Waals surface area contributed by atoms with Gasteiger partial charge >= 0.3 is 0 Å². The lowest BCUT2D eigenvalue weighted by molar-refractivity contribution is 0.108. The maximum atomic E-state index is 11.7. The van der Waals surface area contributed by atoms with Gasteiger partial charge in [-0.2, -0.15) is 0 Å². The van der Waals surface area contributed by atoms with Gasteiger partial charge in [-0.05, 0) is 18.8 Å². The van der Waals surface area contributed by atoms with Crippen LogP contribution >= 0.6 is 0 Å². The highest BCUT2D eigenvalue weighted by molar-refractivity contribution is 7.90. The molecule has 0 aliphatic heterocycles. The molecule has 0 aliphatic carbocycles. The predicted octanol–water partition coefficient (Wildman–Crippen LogP) is 0.250. The summed E-state index contributed by atoms with van der Waals surface area (Å²) in [5.41, 5.74) is 0. The molecule has 0 saturated heterocycles. The molecule has 21 heavy (non-hydrogen) atoms. The molecule has 0 rings (SSSR count). The normalized spacial score (nSPS) is 13.2. The van der Waals surface area contributed by atoms with Crippen molar-refractivity contribution in [3.8, 4) is 0 Å². The minimum Gasteiger partial charge on any atom is -0.381 e. The second-order valence-electron chi connectivity index (χ2n) is 5.49. The molecule has 0 amide bonds. The molecule has 0 aliphatic rings. The first kappa shape index (κ1) is 20.8. The maximum Gasteiger partial charge on any atom is 0.213 e. The van der Waals surface area contributed by atoms with Gasteiger partial charge in [-0.3, -0.25) is 0 Å². The Bertz CT molecular complexity index is 472. The first-order valence-corrected chi connectivity index (χ1v) is 10.3. The summed E-state index contributed by atoms with van der Waals surface area (Å²) >= 11 is 0. The molecule has 1 N–H and O–H groups in total. The Morgan fingerprint density at radius 2 is 1.67 bits per heavy atom. The molecule has 0 unspecified atom stereocenters. The largest absolute Gasteiger partial charge is 0.381 e. The quantitative estimate of drug-likeness (QED) is 0.512. The van der Waals surface area contributed by atoms with Gasteiger partial charge < -0.3 is 4.74 Å². The molecule has 0 aromatic carbocycles. The summed E-state index contributed by atoms with van der Waals surface area (Å²) < 4.78 is 55.2. The Labute approximate surface area is 129 Å². The van der Waals surface area contributed by atoms with Gasteiger partial charge in [0, 0.05) is 33.9 Å². The number of ether oxygens (including phenoxy) is 1. The molecule has 0 bridgehead atoms. The number of hydrogen-bond acceptors (Lipinski definition) is 5. The molecular weight excluding hydrogens is 316 g/mol. The van der Waals surface area contributed by atoms with Gasteiger partial charge in [0.25, 0.3) is 0 Å². The summed E-state index contributed by atoms with van der Waals surface area (Å²) in [6.45, 7) is 5.57. The molecule has 0 saturated carbocycles. The van der Waals surface area contributed by atoms with E-state index in [-0.39, 0.29) is 17.9 Å². The molecule has 0 aromatic rings. The predicted molar refractivity (Wildman–Crippen MR) is 84.2 cm³/mol. The van der Waals surface area contributed by atoms with E-state index in [1.807, 2.05) is 13.8 Å². The molecule has 0 fully saturated rings. The molecule has 0 atom stereocenters. The van der Waals surface area contributed by atoms with E-state index in [9.17, 15) is 16.8 Å². The Morgan fingerprint density at radius 1 is 1.05 bits per heavy atom. The first-order valence-electron chi connectivity index (χ1n) is 7.02. The number of nitrogens with one attached hydrogen (secondary N) is 1. The summed E-state index contributed by atoms with van der Waals surface area (Å²) in [4.78, 5) is 0. The van der Waals surface area contributed by atoms with Crippen LogP contribution in [0.4, 0.5) is 0 Å². The van der Waals surface area contributed by atoms with E-state index >= 15 is 0 Å². The number of rotatable bonds is 12. The van der Waals surface area contributed by atoms with Gasteiger partial charge in [-0.25, -0.2) is 25.9 Å². The van der Waals surface area contributed by atoms with Crippen molar-refractivity contribution in [2.75, 3.05) is 45.4 Å². The molecule has 128 valence electrons. The third-order valence-corrected chi connectivity index (χ3v) is 6.00. The highest BCUT2D eigenvalue weighted by Crippen LogP contribution is 2.00. The Balaban J connectivity index is 3.85. The van der Waals surface area contributed by atoms with E-state index in [1.54, 1.807) is 0 Å². The molecule has 0 radical (unpaired) electrons. The van der Waals surface area contributed by atoms with Crippen LogP contribution < -0.4 is 4.72 Å². The van der Waals surface area contributed by atoms with Crippen LogP contribution in [0.2, 0.25) is 0 Å². The van der Waals surface area contributed by atoms with E-state index in [0.29, 0.717) is 32.1 Å². The third-order valence-electron chi connectivity index (χ3n) is 2.61. The highest BCUT2D eigenvalue weighted by Gasteiger charge is 2.16. The third kappa shape index (κ3) is 11.1. The van der Waals surface area contributed by atoms with Crippen LogP contribution in [0.5, 0.6) is 0 Å².